The molecule has 0 bridgehead atoms. The molecule has 17 heteroatoms. The van der Waals surface area contributed by atoms with Crippen LogP contribution in [0.2, 0.25) is 0 Å². The van der Waals surface area contributed by atoms with Crippen LogP contribution in [0.5, 0.6) is 0 Å². The normalized spacial score (nSPS) is 16.6. The molecule has 0 heterocycles. The van der Waals surface area contributed by atoms with Gasteiger partial charge in [-0.2, -0.15) is 13.2 Å². The van der Waals surface area contributed by atoms with E-state index in [9.17, 15) is 39.9 Å². The highest BCUT2D eigenvalue weighted by Gasteiger charge is 2.39. The minimum atomic E-state index is -5.03. The quantitative estimate of drug-likeness (QED) is 0.0408. The zero-order valence-corrected chi connectivity index (χ0v) is 24.0. The second-order valence-corrected chi connectivity index (χ2v) is 7.93. The van der Waals surface area contributed by atoms with Crippen LogP contribution in [-0.4, -0.2) is 92.1 Å². The van der Waals surface area contributed by atoms with Crippen molar-refractivity contribution in [1.29, 1.82) is 0 Å². The Hall–Kier alpha value is -1.66. The van der Waals surface area contributed by atoms with Gasteiger partial charge in [0.05, 0.1) is 39.5 Å². The molecule has 0 radical (unpaired) electrons. The monoisotopic (exact) mass is 644 g/mol. The Morgan fingerprint density at radius 1 is 0.929 bits per heavy atom. The Kier molecular flexibility index (Phi) is 40.0. The molecule has 0 aromatic carbocycles. The summed E-state index contributed by atoms with van der Waals surface area (Å²) in [6.07, 6.45) is -1.48. The van der Waals surface area contributed by atoms with Gasteiger partial charge < -0.3 is 14.2 Å². The molecule has 1 rings (SSSR count). The largest absolute Gasteiger partial charge is 0.469 e. The van der Waals surface area contributed by atoms with Gasteiger partial charge in [0.1, 0.15) is 19.9 Å². The van der Waals surface area contributed by atoms with Crippen LogP contribution in [-0.2, 0) is 38.6 Å². The molecular weight excluding hydrogens is 599 g/mol. The first kappa shape index (κ1) is 47.3. The van der Waals surface area contributed by atoms with Crippen molar-refractivity contribution >= 4 is 5.97 Å². The van der Waals surface area contributed by atoms with E-state index in [0.717, 1.165) is 38.5 Å². The molecule has 1 aliphatic rings. The Morgan fingerprint density at radius 3 is 2.00 bits per heavy atom. The van der Waals surface area contributed by atoms with E-state index in [1.165, 1.54) is 14.0 Å². The van der Waals surface area contributed by atoms with Crippen molar-refractivity contribution < 1.29 is 78.4 Å². The summed E-state index contributed by atoms with van der Waals surface area (Å²) in [6.45, 7) is 3.29. The highest BCUT2D eigenvalue weighted by molar-refractivity contribution is 5.72. The lowest BCUT2D eigenvalue weighted by Gasteiger charge is -2.26. The third-order valence-corrected chi connectivity index (χ3v) is 4.70. The fourth-order valence-corrected chi connectivity index (χ4v) is 2.84. The molecule has 1 fully saturated rings. The number of methoxy groups -OCH3 is 1. The lowest BCUT2D eigenvalue weighted by molar-refractivity contribution is -0.307. The van der Waals surface area contributed by atoms with E-state index < -0.39 is 32.7 Å². The van der Waals surface area contributed by atoms with Crippen molar-refractivity contribution in [1.82, 2.24) is 0 Å². The van der Waals surface area contributed by atoms with Gasteiger partial charge >= 0.3 is 12.1 Å². The fraction of sp³-hybridized carbons (Fsp3) is 0.880. The average Bonchev–Trinajstić information content (AvgIpc) is 2.96. The Morgan fingerprint density at radius 2 is 1.50 bits per heavy atom. The van der Waals surface area contributed by atoms with E-state index in [2.05, 4.69) is 20.9 Å². The first-order chi connectivity index (χ1) is 19.6. The lowest BCUT2D eigenvalue weighted by atomic mass is 9.82. The highest BCUT2D eigenvalue weighted by atomic mass is 19.4. The van der Waals surface area contributed by atoms with Crippen molar-refractivity contribution in [3.63, 3.8) is 0 Å². The minimum Gasteiger partial charge on any atom is -0.469 e. The molecule has 1 saturated carbocycles. The van der Waals surface area contributed by atoms with Gasteiger partial charge in [0.15, 0.2) is 13.7 Å². The summed E-state index contributed by atoms with van der Waals surface area (Å²) in [4.78, 5) is 30.7. The lowest BCUT2D eigenvalue weighted by Crippen LogP contribution is -2.26. The van der Waals surface area contributed by atoms with Crippen LogP contribution >= 0.6 is 0 Å². The smallest absolute Gasteiger partial charge is 0.422 e. The maximum Gasteiger partial charge on any atom is 0.422 e. The first-order valence-corrected chi connectivity index (χ1v) is 12.9. The number of hydrogen-bond donors (Lipinski definition) is 0. The number of rotatable bonds is 18. The SMILES string of the molecule is C=CCOOCCCCOCF.CCF.COC(=O)C1CCCC(COOCCOCF)C1.F.FCC(F)C(F)(F)F. The van der Waals surface area contributed by atoms with Crippen molar-refractivity contribution in [2.75, 3.05) is 73.8 Å². The third-order valence-electron chi connectivity index (χ3n) is 4.70. The van der Waals surface area contributed by atoms with Crippen molar-refractivity contribution in [2.24, 2.45) is 11.8 Å². The van der Waals surface area contributed by atoms with E-state index in [4.69, 9.17) is 19.4 Å². The predicted octanol–water partition coefficient (Wildman–Crippen LogP) is 6.69. The molecule has 0 aromatic heterocycles. The van der Waals surface area contributed by atoms with E-state index >= 15 is 0 Å². The number of hydrogen-bond acceptors (Lipinski definition) is 8. The Bertz CT molecular complexity index is 564. The standard InChI is InChI=1S/C12H21FO5.C8H15FO3.C3H3F5.C2H5F.FH/c1-15-12(14)11-4-2-3-10(7-11)8-18-17-6-5-16-9-13;1-2-5-11-12-7-4-3-6-10-8-9;4-1-2(5)3(6,7)8;1-2-3;/h10-11H,2-9H2,1H3;2H,1,3-8H2;2H,1H2;2H2,1H3;1H. The molecule has 42 heavy (non-hydrogen) atoms. The second-order valence-electron chi connectivity index (χ2n) is 7.93. The number of unbranched alkanes of at least 4 members (excludes halogenated alkanes) is 1. The predicted molar refractivity (Wildman–Crippen MR) is 136 cm³/mol. The summed E-state index contributed by atoms with van der Waals surface area (Å²) in [5.74, 6) is 0.147. The van der Waals surface area contributed by atoms with Gasteiger partial charge in [0.2, 0.25) is 6.17 Å². The van der Waals surface area contributed by atoms with Crippen LogP contribution in [0, 0.1) is 11.8 Å². The minimum absolute atomic E-state index is 0. The summed E-state index contributed by atoms with van der Waals surface area (Å²) < 4.78 is 101. The maximum absolute atomic E-state index is 11.6. The zero-order chi connectivity index (χ0) is 31.8. The molecule has 0 saturated heterocycles. The third kappa shape index (κ3) is 34.5. The number of carbonyl (C=O) groups excluding carboxylic acids is 1. The highest BCUT2D eigenvalue weighted by Crippen LogP contribution is 2.30. The fourth-order valence-electron chi connectivity index (χ4n) is 2.84. The number of alkyl halides is 8. The summed E-state index contributed by atoms with van der Waals surface area (Å²) >= 11 is 0. The Balaban J connectivity index is -0.000000261. The summed E-state index contributed by atoms with van der Waals surface area (Å²) in [5, 5.41) is 0. The van der Waals surface area contributed by atoms with Crippen LogP contribution in [0.15, 0.2) is 12.7 Å². The van der Waals surface area contributed by atoms with E-state index in [-0.39, 0.29) is 36.5 Å². The Labute approximate surface area is 241 Å². The molecule has 256 valence electrons. The van der Waals surface area contributed by atoms with Gasteiger partial charge in [-0.25, -0.2) is 37.1 Å². The van der Waals surface area contributed by atoms with Gasteiger partial charge in [-0.15, -0.1) is 6.58 Å². The number of carbonyl (C=O) groups is 1. The molecule has 0 amide bonds. The number of ether oxygens (including phenoxy) is 3. The number of esters is 1. The molecule has 0 aliphatic heterocycles. The van der Waals surface area contributed by atoms with Crippen LogP contribution in [0.1, 0.15) is 45.4 Å². The van der Waals surface area contributed by atoms with Gasteiger partial charge in [-0.05, 0) is 44.9 Å². The molecule has 1 aliphatic carbocycles. The van der Waals surface area contributed by atoms with Gasteiger partial charge in [0, 0.05) is 6.61 Å². The molecule has 8 nitrogen and oxygen atoms in total. The van der Waals surface area contributed by atoms with Crippen molar-refractivity contribution in [3.05, 3.63) is 12.7 Å². The van der Waals surface area contributed by atoms with Gasteiger partial charge in [0.25, 0.3) is 0 Å². The molecule has 0 spiro atoms. The summed E-state index contributed by atoms with van der Waals surface area (Å²) in [6, 6.07) is 0. The molecule has 0 N–H and O–H groups in total. The van der Waals surface area contributed by atoms with Gasteiger partial charge in [-0.1, -0.05) is 12.5 Å². The van der Waals surface area contributed by atoms with Gasteiger partial charge in [-0.3, -0.25) is 13.9 Å². The molecular formula is C25H45F9O8. The van der Waals surface area contributed by atoms with Crippen molar-refractivity contribution in [2.45, 2.75) is 57.8 Å². The number of halogens is 9. The summed E-state index contributed by atoms with van der Waals surface area (Å²) in [7, 11) is 1.41. The van der Waals surface area contributed by atoms with E-state index in [1.807, 2.05) is 0 Å². The van der Waals surface area contributed by atoms with Crippen LogP contribution in [0.25, 0.3) is 0 Å². The second kappa shape index (κ2) is 35.5. The van der Waals surface area contributed by atoms with Crippen LogP contribution < -0.4 is 0 Å². The molecule has 0 aromatic rings. The van der Waals surface area contributed by atoms with Crippen molar-refractivity contribution in [3.8, 4) is 0 Å². The maximum atomic E-state index is 11.6. The first-order valence-electron chi connectivity index (χ1n) is 12.9. The average molecular weight is 645 g/mol. The zero-order valence-electron chi connectivity index (χ0n) is 24.0. The van der Waals surface area contributed by atoms with Crippen LogP contribution in [0.4, 0.5) is 39.8 Å². The van der Waals surface area contributed by atoms with E-state index in [0.29, 0.717) is 32.3 Å². The molecule has 3 atom stereocenters. The van der Waals surface area contributed by atoms with E-state index in [1.54, 1.807) is 6.08 Å². The topological polar surface area (TPSA) is 81.7 Å². The summed E-state index contributed by atoms with van der Waals surface area (Å²) in [5.41, 5.74) is 0. The van der Waals surface area contributed by atoms with Crippen LogP contribution in [0.3, 0.4) is 0 Å². The molecule has 3 unspecified atom stereocenters.